The summed E-state index contributed by atoms with van der Waals surface area (Å²) in [6, 6.07) is 17.7. The van der Waals surface area contributed by atoms with Crippen LogP contribution < -0.4 is 5.73 Å². The summed E-state index contributed by atoms with van der Waals surface area (Å²) in [6.45, 7) is 0. The van der Waals surface area contributed by atoms with Crippen LogP contribution in [0.25, 0.3) is 11.3 Å². The standard InChI is InChI=1S/C16H14ClN3/c17-13-8-6-11(7-9-13)10-14-19-15(16(18)20-14)12-4-2-1-3-5-12/h1-9H,10,18H2,(H,19,20). The third-order valence-corrected chi connectivity index (χ3v) is 3.38. The van der Waals surface area contributed by atoms with Gasteiger partial charge in [0.25, 0.3) is 0 Å². The summed E-state index contributed by atoms with van der Waals surface area (Å²) in [5, 5.41) is 0.734. The molecule has 0 spiro atoms. The van der Waals surface area contributed by atoms with Gasteiger partial charge in [-0.2, -0.15) is 0 Å². The normalized spacial score (nSPS) is 10.7. The van der Waals surface area contributed by atoms with E-state index in [0.29, 0.717) is 12.2 Å². The van der Waals surface area contributed by atoms with Crippen molar-refractivity contribution in [2.45, 2.75) is 6.42 Å². The van der Waals surface area contributed by atoms with Crippen molar-refractivity contribution in [3.05, 3.63) is 71.0 Å². The first kappa shape index (κ1) is 12.8. The molecule has 4 heteroatoms. The molecule has 20 heavy (non-hydrogen) atoms. The summed E-state index contributed by atoms with van der Waals surface area (Å²) in [5.41, 5.74) is 9.04. The van der Waals surface area contributed by atoms with E-state index in [2.05, 4.69) is 9.97 Å². The molecule has 0 aliphatic heterocycles. The lowest BCUT2D eigenvalue weighted by molar-refractivity contribution is 1.03. The first-order valence-corrected chi connectivity index (χ1v) is 6.74. The lowest BCUT2D eigenvalue weighted by Gasteiger charge is -1.99. The van der Waals surface area contributed by atoms with E-state index in [0.717, 1.165) is 27.7 Å². The van der Waals surface area contributed by atoms with Crippen LogP contribution in [0.1, 0.15) is 11.4 Å². The highest BCUT2D eigenvalue weighted by Gasteiger charge is 2.09. The number of nitrogen functional groups attached to an aromatic ring is 1. The van der Waals surface area contributed by atoms with Gasteiger partial charge in [0, 0.05) is 17.0 Å². The number of benzene rings is 2. The second-order valence-electron chi connectivity index (χ2n) is 4.61. The van der Waals surface area contributed by atoms with Gasteiger partial charge in [-0.05, 0) is 17.7 Å². The van der Waals surface area contributed by atoms with Crippen LogP contribution in [-0.2, 0) is 6.42 Å². The Labute approximate surface area is 122 Å². The van der Waals surface area contributed by atoms with E-state index in [1.54, 1.807) is 0 Å². The minimum absolute atomic E-state index is 0.528. The zero-order valence-corrected chi connectivity index (χ0v) is 11.6. The molecule has 2 aromatic carbocycles. The summed E-state index contributed by atoms with van der Waals surface area (Å²) in [4.78, 5) is 7.69. The topological polar surface area (TPSA) is 54.7 Å². The minimum atomic E-state index is 0.528. The van der Waals surface area contributed by atoms with Crippen LogP contribution in [0.15, 0.2) is 54.6 Å². The molecule has 0 aliphatic carbocycles. The van der Waals surface area contributed by atoms with E-state index in [1.165, 1.54) is 0 Å². The molecule has 0 saturated carbocycles. The molecule has 0 unspecified atom stereocenters. The Morgan fingerprint density at radius 2 is 1.70 bits per heavy atom. The Bertz CT molecular complexity index is 702. The SMILES string of the molecule is Nc1nc(Cc2ccc(Cl)cc2)[nH]c1-c1ccccc1. The maximum Gasteiger partial charge on any atom is 0.149 e. The van der Waals surface area contributed by atoms with Crippen molar-refractivity contribution in [2.24, 2.45) is 0 Å². The third-order valence-electron chi connectivity index (χ3n) is 3.13. The second-order valence-corrected chi connectivity index (χ2v) is 5.05. The van der Waals surface area contributed by atoms with Crippen LogP contribution in [0.5, 0.6) is 0 Å². The number of anilines is 1. The van der Waals surface area contributed by atoms with Crippen molar-refractivity contribution in [3.8, 4) is 11.3 Å². The van der Waals surface area contributed by atoms with Gasteiger partial charge in [-0.15, -0.1) is 0 Å². The molecule has 100 valence electrons. The number of H-pyrrole nitrogens is 1. The van der Waals surface area contributed by atoms with Crippen molar-refractivity contribution >= 4 is 17.4 Å². The molecule has 3 aromatic rings. The lowest BCUT2D eigenvalue weighted by atomic mass is 10.1. The monoisotopic (exact) mass is 283 g/mol. The number of aromatic amines is 1. The first-order chi connectivity index (χ1) is 9.72. The summed E-state index contributed by atoms with van der Waals surface area (Å²) in [7, 11) is 0. The molecular weight excluding hydrogens is 270 g/mol. The molecule has 0 radical (unpaired) electrons. The van der Waals surface area contributed by atoms with Gasteiger partial charge in [0.2, 0.25) is 0 Å². The van der Waals surface area contributed by atoms with Crippen LogP contribution in [-0.4, -0.2) is 9.97 Å². The number of hydrogen-bond donors (Lipinski definition) is 2. The minimum Gasteiger partial charge on any atom is -0.382 e. The maximum atomic E-state index is 5.99. The van der Waals surface area contributed by atoms with Crippen LogP contribution >= 0.6 is 11.6 Å². The fraction of sp³-hybridized carbons (Fsp3) is 0.0625. The van der Waals surface area contributed by atoms with Gasteiger partial charge in [0.05, 0.1) is 5.69 Å². The molecule has 0 aliphatic rings. The quantitative estimate of drug-likeness (QED) is 0.766. The largest absolute Gasteiger partial charge is 0.382 e. The maximum absolute atomic E-state index is 5.99. The number of aromatic nitrogens is 2. The highest BCUT2D eigenvalue weighted by molar-refractivity contribution is 6.30. The van der Waals surface area contributed by atoms with E-state index < -0.39 is 0 Å². The molecule has 3 nitrogen and oxygen atoms in total. The van der Waals surface area contributed by atoms with Crippen LogP contribution in [0.4, 0.5) is 5.82 Å². The summed E-state index contributed by atoms with van der Waals surface area (Å²) in [6.07, 6.45) is 0.703. The van der Waals surface area contributed by atoms with Crippen molar-refractivity contribution in [1.29, 1.82) is 0 Å². The number of nitrogens with one attached hydrogen (secondary N) is 1. The Morgan fingerprint density at radius 1 is 1.00 bits per heavy atom. The van der Waals surface area contributed by atoms with E-state index >= 15 is 0 Å². The highest BCUT2D eigenvalue weighted by Crippen LogP contribution is 2.24. The molecule has 0 saturated heterocycles. The van der Waals surface area contributed by atoms with Gasteiger partial charge in [0.1, 0.15) is 11.6 Å². The van der Waals surface area contributed by atoms with Gasteiger partial charge >= 0.3 is 0 Å². The summed E-state index contributed by atoms with van der Waals surface area (Å²) in [5.74, 6) is 1.38. The predicted octanol–water partition coefficient (Wildman–Crippen LogP) is 3.90. The molecule has 3 rings (SSSR count). The van der Waals surface area contributed by atoms with Gasteiger partial charge < -0.3 is 10.7 Å². The molecular formula is C16H14ClN3. The molecule has 1 aromatic heterocycles. The summed E-state index contributed by atoms with van der Waals surface area (Å²) < 4.78 is 0. The summed E-state index contributed by atoms with van der Waals surface area (Å²) >= 11 is 5.88. The number of hydrogen-bond acceptors (Lipinski definition) is 2. The fourth-order valence-electron chi connectivity index (χ4n) is 2.14. The molecule has 3 N–H and O–H groups in total. The van der Waals surface area contributed by atoms with E-state index in [4.69, 9.17) is 17.3 Å². The number of nitrogens with two attached hydrogens (primary N) is 1. The van der Waals surface area contributed by atoms with Crippen LogP contribution in [0.3, 0.4) is 0 Å². The number of halogens is 1. The van der Waals surface area contributed by atoms with Crippen molar-refractivity contribution in [3.63, 3.8) is 0 Å². The Balaban J connectivity index is 1.87. The number of rotatable bonds is 3. The second kappa shape index (κ2) is 5.39. The molecule has 0 amide bonds. The smallest absolute Gasteiger partial charge is 0.149 e. The van der Waals surface area contributed by atoms with Gasteiger partial charge in [0.15, 0.2) is 0 Å². The molecule has 0 atom stereocenters. The fourth-order valence-corrected chi connectivity index (χ4v) is 2.27. The molecule has 0 fully saturated rings. The predicted molar refractivity (Wildman–Crippen MR) is 82.7 cm³/mol. The Morgan fingerprint density at radius 3 is 2.40 bits per heavy atom. The van der Waals surface area contributed by atoms with Crippen LogP contribution in [0.2, 0.25) is 5.02 Å². The van der Waals surface area contributed by atoms with E-state index in [-0.39, 0.29) is 0 Å². The zero-order chi connectivity index (χ0) is 13.9. The van der Waals surface area contributed by atoms with Crippen molar-refractivity contribution in [1.82, 2.24) is 9.97 Å². The number of imidazole rings is 1. The highest BCUT2D eigenvalue weighted by atomic mass is 35.5. The van der Waals surface area contributed by atoms with Crippen molar-refractivity contribution < 1.29 is 0 Å². The first-order valence-electron chi connectivity index (χ1n) is 6.36. The molecule has 1 heterocycles. The van der Waals surface area contributed by atoms with Gasteiger partial charge in [-0.1, -0.05) is 54.1 Å². The van der Waals surface area contributed by atoms with E-state index in [9.17, 15) is 0 Å². The van der Waals surface area contributed by atoms with E-state index in [1.807, 2.05) is 54.6 Å². The molecule has 0 bridgehead atoms. The van der Waals surface area contributed by atoms with Gasteiger partial charge in [-0.25, -0.2) is 4.98 Å². The van der Waals surface area contributed by atoms with Crippen molar-refractivity contribution in [2.75, 3.05) is 5.73 Å². The third kappa shape index (κ3) is 2.68. The average molecular weight is 284 g/mol. The Kier molecular flexibility index (Phi) is 3.44. The zero-order valence-electron chi connectivity index (χ0n) is 10.8. The Hall–Kier alpha value is -2.26. The average Bonchev–Trinajstić information content (AvgIpc) is 2.83. The number of nitrogens with zero attached hydrogens (tertiary/aromatic N) is 1. The van der Waals surface area contributed by atoms with Crippen LogP contribution in [0, 0.1) is 0 Å². The van der Waals surface area contributed by atoms with Gasteiger partial charge in [-0.3, -0.25) is 0 Å². The lowest BCUT2D eigenvalue weighted by Crippen LogP contribution is -1.91.